The second kappa shape index (κ2) is 12.3. The predicted octanol–water partition coefficient (Wildman–Crippen LogP) is 2.25. The maximum Gasteiger partial charge on any atom is 0.255 e. The number of nitrogens with two attached hydrogens (primary N) is 1. The van der Waals surface area contributed by atoms with Gasteiger partial charge < -0.3 is 25.8 Å². The summed E-state index contributed by atoms with van der Waals surface area (Å²) in [6, 6.07) is 15.6. The van der Waals surface area contributed by atoms with Gasteiger partial charge in [-0.05, 0) is 44.0 Å². The Morgan fingerprint density at radius 1 is 1.03 bits per heavy atom. The average molecular weight is 399 g/mol. The zero-order valence-electron chi connectivity index (χ0n) is 17.1. The number of hydrogen-bond donors (Lipinski definition) is 3. The van der Waals surface area contributed by atoms with Gasteiger partial charge in [0.25, 0.3) is 5.91 Å². The summed E-state index contributed by atoms with van der Waals surface area (Å²) < 4.78 is 10.9. The molecule has 1 amide bonds. The number of aliphatic imine (C=N–C) groups is 1. The van der Waals surface area contributed by atoms with E-state index in [1.165, 1.54) is 0 Å². The number of rotatable bonds is 11. The summed E-state index contributed by atoms with van der Waals surface area (Å²) in [7, 11) is 0. The Labute approximate surface area is 172 Å². The molecule has 0 unspecified atom stereocenters. The number of carbonyl (C=O) groups is 1. The molecule has 4 N–H and O–H groups in total. The van der Waals surface area contributed by atoms with Crippen LogP contribution in [-0.4, -0.2) is 38.2 Å². The molecular weight excluding hydrogens is 368 g/mol. The summed E-state index contributed by atoms with van der Waals surface area (Å²) in [5, 5.41) is 6.61. The molecule has 2 rings (SSSR count). The summed E-state index contributed by atoms with van der Waals surface area (Å²) in [5.41, 5.74) is 7.29. The van der Waals surface area contributed by atoms with Gasteiger partial charge in [-0.15, -0.1) is 0 Å². The zero-order chi connectivity index (χ0) is 20.9. The third-order valence-corrected chi connectivity index (χ3v) is 4.03. The number of carbonyl (C=O) groups excluding carboxylic acids is 1. The smallest absolute Gasteiger partial charge is 0.255 e. The van der Waals surface area contributed by atoms with E-state index in [1.807, 2.05) is 62.4 Å². The van der Waals surface area contributed by atoms with Crippen LogP contribution in [0.3, 0.4) is 0 Å². The van der Waals surface area contributed by atoms with Crippen LogP contribution in [0.5, 0.6) is 11.5 Å². The molecular formula is C22H30N4O3. The molecule has 0 atom stereocenters. The first-order valence-electron chi connectivity index (χ1n) is 9.85. The van der Waals surface area contributed by atoms with Crippen LogP contribution in [0.4, 0.5) is 0 Å². The predicted molar refractivity (Wildman–Crippen MR) is 115 cm³/mol. The second-order valence-electron chi connectivity index (χ2n) is 6.31. The molecule has 0 aliphatic carbocycles. The fourth-order valence-electron chi connectivity index (χ4n) is 2.67. The van der Waals surface area contributed by atoms with E-state index in [4.69, 9.17) is 15.2 Å². The fraction of sp³-hybridized carbons (Fsp3) is 0.364. The summed E-state index contributed by atoms with van der Waals surface area (Å²) in [5.74, 6) is 1.77. The van der Waals surface area contributed by atoms with Gasteiger partial charge >= 0.3 is 0 Å². The van der Waals surface area contributed by atoms with Crippen LogP contribution in [-0.2, 0) is 17.8 Å². The molecule has 0 saturated heterocycles. The monoisotopic (exact) mass is 398 g/mol. The van der Waals surface area contributed by atoms with E-state index in [-0.39, 0.29) is 6.61 Å². The van der Waals surface area contributed by atoms with Crippen molar-refractivity contribution in [3.63, 3.8) is 0 Å². The van der Waals surface area contributed by atoms with Crippen LogP contribution in [0.2, 0.25) is 0 Å². The fourth-order valence-corrected chi connectivity index (χ4v) is 2.67. The molecule has 156 valence electrons. The third-order valence-electron chi connectivity index (χ3n) is 4.03. The van der Waals surface area contributed by atoms with Gasteiger partial charge in [-0.1, -0.05) is 30.3 Å². The molecule has 0 bridgehead atoms. The van der Waals surface area contributed by atoms with E-state index in [2.05, 4.69) is 15.6 Å². The number of primary amides is 1. The van der Waals surface area contributed by atoms with Crippen LogP contribution in [0.1, 0.15) is 25.0 Å². The van der Waals surface area contributed by atoms with Crippen molar-refractivity contribution in [2.45, 2.75) is 26.8 Å². The summed E-state index contributed by atoms with van der Waals surface area (Å²) in [6.07, 6.45) is 0.829. The zero-order valence-corrected chi connectivity index (χ0v) is 17.1. The average Bonchev–Trinajstić information content (AvgIpc) is 2.72. The molecule has 0 fully saturated rings. The Hall–Kier alpha value is -3.22. The number of hydrogen-bond acceptors (Lipinski definition) is 4. The van der Waals surface area contributed by atoms with Crippen molar-refractivity contribution in [3.8, 4) is 11.5 Å². The highest BCUT2D eigenvalue weighted by molar-refractivity contribution is 5.79. The lowest BCUT2D eigenvalue weighted by Gasteiger charge is -2.13. The third kappa shape index (κ3) is 8.13. The maximum atomic E-state index is 10.8. The molecule has 2 aromatic rings. The Kier molecular flexibility index (Phi) is 9.35. The molecule has 7 heteroatoms. The first-order valence-corrected chi connectivity index (χ1v) is 9.85. The van der Waals surface area contributed by atoms with E-state index in [0.29, 0.717) is 18.9 Å². The van der Waals surface area contributed by atoms with Gasteiger partial charge in [0.05, 0.1) is 13.2 Å². The summed E-state index contributed by atoms with van der Waals surface area (Å²) >= 11 is 0. The Morgan fingerprint density at radius 2 is 1.79 bits per heavy atom. The van der Waals surface area contributed by atoms with E-state index in [0.717, 1.165) is 42.3 Å². The highest BCUT2D eigenvalue weighted by atomic mass is 16.5. The molecule has 0 saturated carbocycles. The van der Waals surface area contributed by atoms with Crippen molar-refractivity contribution in [1.82, 2.24) is 10.6 Å². The van der Waals surface area contributed by atoms with Crippen LogP contribution >= 0.6 is 0 Å². The Morgan fingerprint density at radius 3 is 2.48 bits per heavy atom. The molecule has 0 aliphatic rings. The van der Waals surface area contributed by atoms with E-state index < -0.39 is 5.91 Å². The van der Waals surface area contributed by atoms with E-state index in [9.17, 15) is 4.79 Å². The molecule has 7 nitrogen and oxygen atoms in total. The van der Waals surface area contributed by atoms with Gasteiger partial charge in [-0.3, -0.25) is 4.79 Å². The van der Waals surface area contributed by atoms with Crippen molar-refractivity contribution >= 4 is 11.9 Å². The van der Waals surface area contributed by atoms with Gasteiger partial charge in [-0.2, -0.15) is 0 Å². The van der Waals surface area contributed by atoms with Gasteiger partial charge in [0.2, 0.25) is 0 Å². The molecule has 0 spiro atoms. The summed E-state index contributed by atoms with van der Waals surface area (Å²) in [4.78, 5) is 15.4. The van der Waals surface area contributed by atoms with Gasteiger partial charge in [0, 0.05) is 18.7 Å². The molecule has 0 aromatic heterocycles. The normalized spacial score (nSPS) is 11.0. The highest BCUT2D eigenvalue weighted by Gasteiger charge is 2.04. The lowest BCUT2D eigenvalue weighted by Crippen LogP contribution is -2.38. The molecule has 29 heavy (non-hydrogen) atoms. The molecule has 2 aromatic carbocycles. The van der Waals surface area contributed by atoms with Crippen LogP contribution in [0, 0.1) is 0 Å². The van der Waals surface area contributed by atoms with E-state index in [1.54, 1.807) is 0 Å². The minimum atomic E-state index is -0.489. The number of guanidine groups is 1. The van der Waals surface area contributed by atoms with Crippen molar-refractivity contribution in [2.24, 2.45) is 10.7 Å². The SMILES string of the molecule is CCNC(=NCc1ccccc1OCC)NCCc1ccc(OCC(N)=O)cc1. The topological polar surface area (TPSA) is 98.0 Å². The standard InChI is InChI=1S/C22H30N4O3/c1-3-24-22(26-15-18-7-5-6-8-20(18)28-4-2)25-14-13-17-9-11-19(12-10-17)29-16-21(23)27/h5-12H,3-4,13-16H2,1-2H3,(H2,23,27)(H2,24,25,26). The van der Waals surface area contributed by atoms with Crippen molar-refractivity contribution in [1.29, 1.82) is 0 Å². The number of ether oxygens (including phenoxy) is 2. The Balaban J connectivity index is 1.87. The maximum absolute atomic E-state index is 10.8. The molecule has 0 radical (unpaired) electrons. The molecule has 0 aliphatic heterocycles. The minimum Gasteiger partial charge on any atom is -0.494 e. The van der Waals surface area contributed by atoms with Crippen LogP contribution in [0.15, 0.2) is 53.5 Å². The first-order chi connectivity index (χ1) is 14.1. The number of nitrogens with zero attached hydrogens (tertiary/aromatic N) is 1. The lowest BCUT2D eigenvalue weighted by atomic mass is 10.1. The number of para-hydroxylation sites is 1. The minimum absolute atomic E-state index is 0.115. The largest absolute Gasteiger partial charge is 0.494 e. The first kappa shape index (κ1) is 22.1. The van der Waals surface area contributed by atoms with Gasteiger partial charge in [0.15, 0.2) is 12.6 Å². The number of nitrogens with one attached hydrogen (secondary N) is 2. The van der Waals surface area contributed by atoms with Crippen LogP contribution < -0.4 is 25.8 Å². The summed E-state index contributed by atoms with van der Waals surface area (Å²) in [6.45, 7) is 6.59. The second-order valence-corrected chi connectivity index (χ2v) is 6.31. The van der Waals surface area contributed by atoms with Gasteiger partial charge in [-0.25, -0.2) is 4.99 Å². The van der Waals surface area contributed by atoms with E-state index >= 15 is 0 Å². The highest BCUT2D eigenvalue weighted by Crippen LogP contribution is 2.18. The lowest BCUT2D eigenvalue weighted by molar-refractivity contribution is -0.119. The van der Waals surface area contributed by atoms with Crippen molar-refractivity contribution < 1.29 is 14.3 Å². The number of amides is 1. The van der Waals surface area contributed by atoms with Crippen molar-refractivity contribution in [2.75, 3.05) is 26.3 Å². The van der Waals surface area contributed by atoms with Crippen LogP contribution in [0.25, 0.3) is 0 Å². The quantitative estimate of drug-likeness (QED) is 0.398. The van der Waals surface area contributed by atoms with Crippen molar-refractivity contribution in [3.05, 3.63) is 59.7 Å². The Bertz CT molecular complexity index is 791. The molecule has 0 heterocycles. The number of benzene rings is 2. The van der Waals surface area contributed by atoms with Gasteiger partial charge in [0.1, 0.15) is 11.5 Å².